The maximum atomic E-state index is 13.0. The number of likely N-dealkylation sites (tertiary alicyclic amines) is 1. The standard InChI is InChI=1S/C24H24N2O5/c27-21(25-11-3-4-18(15-25)24-30-12-13-31-24)17-9-7-16(8-10-17)14-26-22(28)19-5-1-2-6-20(19)23(26)29/h1-2,5-10,18,24H,3-4,11-15H2. The van der Waals surface area contributed by atoms with Crippen molar-refractivity contribution in [3.63, 3.8) is 0 Å². The van der Waals surface area contributed by atoms with Gasteiger partial charge in [0.15, 0.2) is 6.29 Å². The number of benzene rings is 2. The first-order valence-electron chi connectivity index (χ1n) is 10.7. The highest BCUT2D eigenvalue weighted by atomic mass is 16.7. The van der Waals surface area contributed by atoms with Crippen molar-refractivity contribution < 1.29 is 23.9 Å². The lowest BCUT2D eigenvalue weighted by Gasteiger charge is -2.34. The SMILES string of the molecule is O=C(c1ccc(CN2C(=O)c3ccccc3C2=O)cc1)N1CCCC(C2OCCO2)C1. The van der Waals surface area contributed by atoms with Crippen LogP contribution >= 0.6 is 0 Å². The summed E-state index contributed by atoms with van der Waals surface area (Å²) in [6.07, 6.45) is 1.71. The fraction of sp³-hybridized carbons (Fsp3) is 0.375. The molecule has 2 saturated heterocycles. The molecule has 2 aromatic carbocycles. The summed E-state index contributed by atoms with van der Waals surface area (Å²) in [6, 6.07) is 14.0. The zero-order valence-corrected chi connectivity index (χ0v) is 17.2. The smallest absolute Gasteiger partial charge is 0.261 e. The quantitative estimate of drug-likeness (QED) is 0.711. The average molecular weight is 420 g/mol. The van der Waals surface area contributed by atoms with E-state index in [2.05, 4.69) is 0 Å². The normalized spacial score (nSPS) is 21.6. The van der Waals surface area contributed by atoms with Gasteiger partial charge in [0.2, 0.25) is 0 Å². The molecule has 2 fully saturated rings. The lowest BCUT2D eigenvalue weighted by Crippen LogP contribution is -2.43. The second-order valence-electron chi connectivity index (χ2n) is 8.20. The second-order valence-corrected chi connectivity index (χ2v) is 8.20. The minimum absolute atomic E-state index is 0.0185. The largest absolute Gasteiger partial charge is 0.350 e. The summed E-state index contributed by atoms with van der Waals surface area (Å²) in [5.41, 5.74) is 2.28. The lowest BCUT2D eigenvalue weighted by molar-refractivity contribution is -0.0969. The van der Waals surface area contributed by atoms with Crippen molar-refractivity contribution in [3.8, 4) is 0 Å². The third-order valence-corrected chi connectivity index (χ3v) is 6.20. The van der Waals surface area contributed by atoms with Gasteiger partial charge in [-0.3, -0.25) is 19.3 Å². The molecule has 0 aromatic heterocycles. The molecule has 3 aliphatic rings. The van der Waals surface area contributed by atoms with Crippen LogP contribution in [0.25, 0.3) is 0 Å². The van der Waals surface area contributed by atoms with Crippen LogP contribution in [0.2, 0.25) is 0 Å². The number of imide groups is 1. The highest BCUT2D eigenvalue weighted by Gasteiger charge is 2.35. The molecule has 160 valence electrons. The van der Waals surface area contributed by atoms with Crippen LogP contribution in [0.3, 0.4) is 0 Å². The van der Waals surface area contributed by atoms with Gasteiger partial charge in [0.05, 0.1) is 30.9 Å². The van der Waals surface area contributed by atoms with Crippen molar-refractivity contribution in [1.82, 2.24) is 9.80 Å². The Balaban J connectivity index is 1.24. The molecule has 1 atom stereocenters. The van der Waals surface area contributed by atoms with Crippen LogP contribution in [0.4, 0.5) is 0 Å². The molecule has 1 unspecified atom stereocenters. The molecule has 2 aromatic rings. The monoisotopic (exact) mass is 420 g/mol. The van der Waals surface area contributed by atoms with E-state index in [9.17, 15) is 14.4 Å². The molecule has 0 spiro atoms. The van der Waals surface area contributed by atoms with E-state index in [1.807, 2.05) is 4.90 Å². The van der Waals surface area contributed by atoms with Crippen LogP contribution in [-0.4, -0.2) is 60.1 Å². The Labute approximate surface area is 180 Å². The van der Waals surface area contributed by atoms with Crippen LogP contribution < -0.4 is 0 Å². The second kappa shape index (κ2) is 8.24. The van der Waals surface area contributed by atoms with Crippen LogP contribution in [0.5, 0.6) is 0 Å². The van der Waals surface area contributed by atoms with Gasteiger partial charge < -0.3 is 14.4 Å². The topological polar surface area (TPSA) is 76.2 Å². The summed E-state index contributed by atoms with van der Waals surface area (Å²) in [5, 5.41) is 0. The van der Waals surface area contributed by atoms with E-state index < -0.39 is 0 Å². The van der Waals surface area contributed by atoms with Crippen LogP contribution in [0, 0.1) is 5.92 Å². The van der Waals surface area contributed by atoms with Gasteiger partial charge in [-0.1, -0.05) is 24.3 Å². The molecule has 3 heterocycles. The zero-order valence-electron chi connectivity index (χ0n) is 17.2. The Morgan fingerprint density at radius 2 is 1.58 bits per heavy atom. The van der Waals surface area contributed by atoms with Crippen molar-refractivity contribution >= 4 is 17.7 Å². The summed E-state index contributed by atoms with van der Waals surface area (Å²) in [5.74, 6) is -0.379. The van der Waals surface area contributed by atoms with E-state index in [4.69, 9.17) is 9.47 Å². The summed E-state index contributed by atoms with van der Waals surface area (Å²) < 4.78 is 11.3. The number of ether oxygens (including phenoxy) is 2. The van der Waals surface area contributed by atoms with Gasteiger partial charge in [0.25, 0.3) is 17.7 Å². The van der Waals surface area contributed by atoms with Crippen molar-refractivity contribution in [2.24, 2.45) is 5.92 Å². The maximum absolute atomic E-state index is 13.0. The summed E-state index contributed by atoms with van der Waals surface area (Å²) in [7, 11) is 0. The van der Waals surface area contributed by atoms with Crippen molar-refractivity contribution in [3.05, 3.63) is 70.8 Å². The first kappa shape index (κ1) is 19.9. The predicted octanol–water partition coefficient (Wildman–Crippen LogP) is 2.71. The Morgan fingerprint density at radius 3 is 2.23 bits per heavy atom. The number of amides is 3. The Hall–Kier alpha value is -3.03. The number of carbonyl (C=O) groups is 3. The molecule has 7 heteroatoms. The Bertz CT molecular complexity index is 978. The molecular weight excluding hydrogens is 396 g/mol. The molecular formula is C24H24N2O5. The van der Waals surface area contributed by atoms with Crippen LogP contribution in [0.15, 0.2) is 48.5 Å². The van der Waals surface area contributed by atoms with Gasteiger partial charge in [-0.25, -0.2) is 0 Å². The predicted molar refractivity (Wildman–Crippen MR) is 111 cm³/mol. The van der Waals surface area contributed by atoms with Gasteiger partial charge in [0.1, 0.15) is 0 Å². The molecule has 0 aliphatic carbocycles. The van der Waals surface area contributed by atoms with Crippen LogP contribution in [0.1, 0.15) is 49.5 Å². The number of piperidine rings is 1. The van der Waals surface area contributed by atoms with Gasteiger partial charge >= 0.3 is 0 Å². The molecule has 0 bridgehead atoms. The molecule has 31 heavy (non-hydrogen) atoms. The molecule has 3 amide bonds. The maximum Gasteiger partial charge on any atom is 0.261 e. The molecule has 7 nitrogen and oxygen atoms in total. The fourth-order valence-corrected chi connectivity index (χ4v) is 4.57. The van der Waals surface area contributed by atoms with Gasteiger partial charge in [-0.2, -0.15) is 0 Å². The Kier molecular flexibility index (Phi) is 5.29. The molecule has 0 N–H and O–H groups in total. The molecule has 3 aliphatic heterocycles. The van der Waals surface area contributed by atoms with Crippen molar-refractivity contribution in [2.75, 3.05) is 26.3 Å². The zero-order chi connectivity index (χ0) is 21.4. The van der Waals surface area contributed by atoms with Crippen LogP contribution in [-0.2, 0) is 16.0 Å². The van der Waals surface area contributed by atoms with E-state index in [0.29, 0.717) is 36.4 Å². The minimum atomic E-state index is -0.281. The first-order chi connectivity index (χ1) is 15.1. The van der Waals surface area contributed by atoms with Crippen molar-refractivity contribution in [2.45, 2.75) is 25.7 Å². The van der Waals surface area contributed by atoms with E-state index >= 15 is 0 Å². The first-order valence-corrected chi connectivity index (χ1v) is 10.7. The van der Waals surface area contributed by atoms with Crippen molar-refractivity contribution in [1.29, 1.82) is 0 Å². The van der Waals surface area contributed by atoms with Gasteiger partial charge in [0, 0.05) is 24.6 Å². The third kappa shape index (κ3) is 3.75. The average Bonchev–Trinajstić information content (AvgIpc) is 3.44. The summed E-state index contributed by atoms with van der Waals surface area (Å²) in [4.78, 5) is 41.2. The number of hydrogen-bond acceptors (Lipinski definition) is 5. The third-order valence-electron chi connectivity index (χ3n) is 6.20. The number of nitrogens with zero attached hydrogens (tertiary/aromatic N) is 2. The van der Waals surface area contributed by atoms with E-state index in [-0.39, 0.29) is 36.5 Å². The van der Waals surface area contributed by atoms with E-state index in [0.717, 1.165) is 24.9 Å². The Morgan fingerprint density at radius 1 is 0.935 bits per heavy atom. The number of rotatable bonds is 4. The van der Waals surface area contributed by atoms with Gasteiger partial charge in [-0.05, 0) is 42.7 Å². The number of hydrogen-bond donors (Lipinski definition) is 0. The minimum Gasteiger partial charge on any atom is -0.350 e. The molecule has 5 rings (SSSR count). The summed E-state index contributed by atoms with van der Waals surface area (Å²) in [6.45, 7) is 2.76. The fourth-order valence-electron chi connectivity index (χ4n) is 4.57. The van der Waals surface area contributed by atoms with Gasteiger partial charge in [-0.15, -0.1) is 0 Å². The highest BCUT2D eigenvalue weighted by molar-refractivity contribution is 6.21. The number of fused-ring (bicyclic) bond motifs is 1. The number of carbonyl (C=O) groups excluding carboxylic acids is 3. The van der Waals surface area contributed by atoms with E-state index in [1.54, 1.807) is 48.5 Å². The molecule has 0 radical (unpaired) electrons. The van der Waals surface area contributed by atoms with E-state index in [1.165, 1.54) is 4.90 Å². The highest BCUT2D eigenvalue weighted by Crippen LogP contribution is 2.27. The summed E-state index contributed by atoms with van der Waals surface area (Å²) >= 11 is 0. The molecule has 0 saturated carbocycles. The lowest BCUT2D eigenvalue weighted by atomic mass is 9.96.